The third-order valence-electron chi connectivity index (χ3n) is 6.65. The molecule has 1 aromatic carbocycles. The Morgan fingerprint density at radius 3 is 2.47 bits per heavy atom. The van der Waals surface area contributed by atoms with Crippen molar-refractivity contribution < 1.29 is 4.79 Å². The smallest absolute Gasteiger partial charge is 0.248 e. The second-order valence-electron chi connectivity index (χ2n) is 8.98. The van der Waals surface area contributed by atoms with Crippen LogP contribution in [0.5, 0.6) is 0 Å². The summed E-state index contributed by atoms with van der Waals surface area (Å²) in [4.78, 5) is 25.9. The monoisotopic (exact) mass is 506 g/mol. The molecule has 0 atom stereocenters. The van der Waals surface area contributed by atoms with Gasteiger partial charge in [0.15, 0.2) is 17.0 Å². The summed E-state index contributed by atoms with van der Waals surface area (Å²) in [7, 11) is 0. The second kappa shape index (κ2) is 11.2. The number of nitrogens with zero attached hydrogens (tertiary/aromatic N) is 4. The number of fused-ring (bicyclic) bond motifs is 1. The zero-order chi connectivity index (χ0) is 22.1. The highest BCUT2D eigenvalue weighted by atomic mass is 35.5. The fraction of sp³-hybridized carbons (Fsp3) is 0.478. The SMILES string of the molecule is Cl.Cl.NC(=O)c1cccc(Nc2nc(NC3CCC(N)CC3)nc3c2ncn3C2CCCC2)c1. The first-order valence-electron chi connectivity index (χ1n) is 11.5. The van der Waals surface area contributed by atoms with Crippen LogP contribution in [0, 0.1) is 0 Å². The Labute approximate surface area is 211 Å². The molecule has 2 saturated carbocycles. The molecule has 11 heteroatoms. The summed E-state index contributed by atoms with van der Waals surface area (Å²) >= 11 is 0. The first kappa shape index (κ1) is 26.0. The highest BCUT2D eigenvalue weighted by Gasteiger charge is 2.24. The van der Waals surface area contributed by atoms with E-state index in [0.717, 1.165) is 55.4 Å². The fourth-order valence-corrected chi connectivity index (χ4v) is 4.85. The average Bonchev–Trinajstić information content (AvgIpc) is 3.45. The second-order valence-corrected chi connectivity index (χ2v) is 8.98. The van der Waals surface area contributed by atoms with Gasteiger partial charge in [0.2, 0.25) is 11.9 Å². The van der Waals surface area contributed by atoms with Gasteiger partial charge in [-0.05, 0) is 56.7 Å². The number of hydrogen-bond acceptors (Lipinski definition) is 7. The number of nitrogens with two attached hydrogens (primary N) is 2. The van der Waals surface area contributed by atoms with Crippen LogP contribution in [-0.2, 0) is 0 Å². The average molecular weight is 507 g/mol. The van der Waals surface area contributed by atoms with Gasteiger partial charge in [0.25, 0.3) is 0 Å². The maximum Gasteiger partial charge on any atom is 0.248 e. The third-order valence-corrected chi connectivity index (χ3v) is 6.65. The number of imidazole rings is 1. The highest BCUT2D eigenvalue weighted by molar-refractivity contribution is 5.94. The van der Waals surface area contributed by atoms with Crippen molar-refractivity contribution in [3.8, 4) is 0 Å². The van der Waals surface area contributed by atoms with Gasteiger partial charge >= 0.3 is 0 Å². The van der Waals surface area contributed by atoms with Gasteiger partial charge < -0.3 is 26.7 Å². The van der Waals surface area contributed by atoms with Crippen molar-refractivity contribution in [1.82, 2.24) is 19.5 Å². The lowest BCUT2D eigenvalue weighted by molar-refractivity contribution is 0.100. The molecule has 2 aromatic heterocycles. The van der Waals surface area contributed by atoms with Crippen LogP contribution in [-0.4, -0.2) is 37.5 Å². The van der Waals surface area contributed by atoms with Gasteiger partial charge in [0, 0.05) is 29.4 Å². The molecule has 0 radical (unpaired) electrons. The van der Waals surface area contributed by atoms with Crippen molar-refractivity contribution >= 4 is 59.3 Å². The van der Waals surface area contributed by atoms with Crippen molar-refractivity contribution in [1.29, 1.82) is 0 Å². The van der Waals surface area contributed by atoms with Gasteiger partial charge in [-0.3, -0.25) is 4.79 Å². The van der Waals surface area contributed by atoms with Gasteiger partial charge in [-0.1, -0.05) is 18.9 Å². The molecular weight excluding hydrogens is 475 g/mol. The number of aromatic nitrogens is 4. The molecule has 34 heavy (non-hydrogen) atoms. The van der Waals surface area contributed by atoms with E-state index in [1.165, 1.54) is 12.8 Å². The van der Waals surface area contributed by atoms with Crippen LogP contribution in [0.25, 0.3) is 11.2 Å². The minimum atomic E-state index is -0.468. The number of halogens is 2. The molecule has 9 nitrogen and oxygen atoms in total. The molecule has 2 aliphatic carbocycles. The Hall–Kier alpha value is -2.62. The van der Waals surface area contributed by atoms with E-state index in [1.54, 1.807) is 18.2 Å². The van der Waals surface area contributed by atoms with Crippen LogP contribution in [0.4, 0.5) is 17.5 Å². The molecule has 0 saturated heterocycles. The lowest BCUT2D eigenvalue weighted by atomic mass is 9.92. The molecule has 2 heterocycles. The minimum absolute atomic E-state index is 0. The Morgan fingerprint density at radius 1 is 1.03 bits per heavy atom. The van der Waals surface area contributed by atoms with Crippen LogP contribution in [0.1, 0.15) is 67.8 Å². The Bertz CT molecular complexity index is 1120. The maximum absolute atomic E-state index is 11.6. The predicted octanol–water partition coefficient (Wildman–Crippen LogP) is 4.31. The van der Waals surface area contributed by atoms with Crippen LogP contribution in [0.3, 0.4) is 0 Å². The molecule has 2 fully saturated rings. The van der Waals surface area contributed by atoms with Crippen molar-refractivity contribution in [2.75, 3.05) is 10.6 Å². The van der Waals surface area contributed by atoms with Crippen molar-refractivity contribution in [2.24, 2.45) is 11.5 Å². The molecule has 0 spiro atoms. The summed E-state index contributed by atoms with van der Waals surface area (Å²) in [5.74, 6) is 0.736. The van der Waals surface area contributed by atoms with Crippen molar-refractivity contribution in [2.45, 2.75) is 69.5 Å². The normalized spacial score (nSPS) is 20.4. The quantitative estimate of drug-likeness (QED) is 0.390. The molecular formula is C23H32Cl2N8O. The van der Waals surface area contributed by atoms with E-state index in [-0.39, 0.29) is 30.9 Å². The Morgan fingerprint density at radius 2 is 1.76 bits per heavy atom. The number of carbonyl (C=O) groups is 1. The number of benzene rings is 1. The Balaban J connectivity index is 0.00000162. The van der Waals surface area contributed by atoms with Gasteiger partial charge in [0.05, 0.1) is 6.33 Å². The van der Waals surface area contributed by atoms with E-state index in [9.17, 15) is 4.79 Å². The summed E-state index contributed by atoms with van der Waals surface area (Å²) < 4.78 is 2.19. The molecule has 5 rings (SSSR count). The zero-order valence-electron chi connectivity index (χ0n) is 18.9. The van der Waals surface area contributed by atoms with Crippen LogP contribution >= 0.6 is 24.8 Å². The molecule has 6 N–H and O–H groups in total. The number of hydrogen-bond donors (Lipinski definition) is 4. The van der Waals surface area contributed by atoms with Crippen molar-refractivity contribution in [3.05, 3.63) is 36.2 Å². The predicted molar refractivity (Wildman–Crippen MR) is 139 cm³/mol. The number of anilines is 3. The van der Waals surface area contributed by atoms with Crippen LogP contribution < -0.4 is 22.1 Å². The molecule has 184 valence electrons. The fourth-order valence-electron chi connectivity index (χ4n) is 4.85. The number of primary amides is 1. The zero-order valence-corrected chi connectivity index (χ0v) is 20.6. The summed E-state index contributed by atoms with van der Waals surface area (Å²) in [5, 5.41) is 6.86. The largest absolute Gasteiger partial charge is 0.366 e. The highest BCUT2D eigenvalue weighted by Crippen LogP contribution is 2.34. The van der Waals surface area contributed by atoms with E-state index in [2.05, 4.69) is 20.2 Å². The number of nitrogens with one attached hydrogen (secondary N) is 2. The third kappa shape index (κ3) is 5.54. The number of amides is 1. The van der Waals surface area contributed by atoms with E-state index in [1.807, 2.05) is 12.4 Å². The molecule has 0 bridgehead atoms. The topological polar surface area (TPSA) is 137 Å². The summed E-state index contributed by atoms with van der Waals surface area (Å²) in [6, 6.07) is 8.10. The molecule has 0 unspecified atom stereocenters. The summed E-state index contributed by atoms with van der Waals surface area (Å²) in [6.07, 6.45) is 10.6. The summed E-state index contributed by atoms with van der Waals surface area (Å²) in [6.45, 7) is 0. The number of rotatable bonds is 6. The van der Waals surface area contributed by atoms with E-state index in [4.69, 9.17) is 21.4 Å². The molecule has 0 aliphatic heterocycles. The van der Waals surface area contributed by atoms with Crippen molar-refractivity contribution in [3.63, 3.8) is 0 Å². The maximum atomic E-state index is 11.6. The molecule has 3 aromatic rings. The first-order chi connectivity index (χ1) is 15.6. The van der Waals surface area contributed by atoms with Crippen LogP contribution in [0.15, 0.2) is 30.6 Å². The van der Waals surface area contributed by atoms with E-state index >= 15 is 0 Å². The van der Waals surface area contributed by atoms with Gasteiger partial charge in [-0.2, -0.15) is 9.97 Å². The minimum Gasteiger partial charge on any atom is -0.366 e. The van der Waals surface area contributed by atoms with Gasteiger partial charge in [-0.25, -0.2) is 4.98 Å². The first-order valence-corrected chi connectivity index (χ1v) is 11.5. The van der Waals surface area contributed by atoms with E-state index in [0.29, 0.717) is 29.4 Å². The van der Waals surface area contributed by atoms with Gasteiger partial charge in [-0.15, -0.1) is 24.8 Å². The Kier molecular flexibility index (Phi) is 8.57. The lowest BCUT2D eigenvalue weighted by Crippen LogP contribution is -2.33. The van der Waals surface area contributed by atoms with E-state index < -0.39 is 5.91 Å². The van der Waals surface area contributed by atoms with Crippen LogP contribution in [0.2, 0.25) is 0 Å². The lowest BCUT2D eigenvalue weighted by Gasteiger charge is -2.27. The molecule has 1 amide bonds. The summed E-state index contributed by atoms with van der Waals surface area (Å²) in [5.41, 5.74) is 14.2. The number of carbonyl (C=O) groups excluding carboxylic acids is 1. The van der Waals surface area contributed by atoms with Gasteiger partial charge in [0.1, 0.15) is 0 Å². The molecule has 2 aliphatic rings. The standard InChI is InChI=1S/C23H30N8O.2ClH/c24-15-8-10-16(11-9-15)28-23-29-21(27-17-5-3-4-14(12-17)20(25)32)19-22(30-23)31(13-26-19)18-6-1-2-7-18;;/h3-5,12-13,15-16,18H,1-2,6-11,24H2,(H2,25,32)(H2,27,28,29,30);2*1H.